The maximum atomic E-state index is 14.0. The van der Waals surface area contributed by atoms with Crippen LogP contribution < -0.4 is 24.1 Å². The topological polar surface area (TPSA) is 100 Å². The van der Waals surface area contributed by atoms with E-state index in [2.05, 4.69) is 56.1 Å². The van der Waals surface area contributed by atoms with Crippen LogP contribution in [0.3, 0.4) is 0 Å². The van der Waals surface area contributed by atoms with Gasteiger partial charge in [-0.3, -0.25) is 0 Å². The van der Waals surface area contributed by atoms with Crippen molar-refractivity contribution in [1.29, 1.82) is 0 Å². The van der Waals surface area contributed by atoms with Crippen LogP contribution in [-0.2, 0) is 13.0 Å². The zero-order valence-corrected chi connectivity index (χ0v) is 22.2. The number of imidazole rings is 1. The molecule has 0 aliphatic carbocycles. The van der Waals surface area contributed by atoms with E-state index in [0.717, 1.165) is 29.4 Å². The van der Waals surface area contributed by atoms with Gasteiger partial charge in [-0.2, -0.15) is 0 Å². The van der Waals surface area contributed by atoms with Crippen molar-refractivity contribution in [2.24, 2.45) is 5.92 Å². The number of ether oxygens (including phenoxy) is 2. The molecule has 8 nitrogen and oxygen atoms in total. The van der Waals surface area contributed by atoms with Crippen molar-refractivity contribution in [2.75, 3.05) is 25.6 Å². The zero-order valence-electron chi connectivity index (χ0n) is 19.3. The van der Waals surface area contributed by atoms with Gasteiger partial charge in [0.1, 0.15) is 0 Å². The fraction of sp³-hybridized carbons (Fsp3) is 0.500. The molecule has 172 valence electrons. The van der Waals surface area contributed by atoms with Crippen molar-refractivity contribution in [3.8, 4) is 11.5 Å². The first-order chi connectivity index (χ1) is 15.1. The Morgan fingerprint density at radius 2 is 1.88 bits per heavy atom. The van der Waals surface area contributed by atoms with Crippen molar-refractivity contribution >= 4 is 38.9 Å². The number of rotatable bonds is 8. The van der Waals surface area contributed by atoms with Gasteiger partial charge in [0.05, 0.1) is 0 Å². The van der Waals surface area contributed by atoms with Crippen LogP contribution in [0.5, 0.6) is 11.5 Å². The molecule has 1 aliphatic heterocycles. The third-order valence-electron chi connectivity index (χ3n) is 5.49. The molecule has 0 saturated carbocycles. The molecule has 3 aromatic rings. The standard InChI is InChI=1S/C19H22FN6O2.3CH3.Sn/c1-11(2)9-22-5-6-26-15(23-16-17(21)24-19(20)25-18(16)26)8-12-3-4-13-14(7-12)28-10-27-13;;;;/h4,7,11,22H,5-6,8-10H2,1-2H3,(H2,21,24,25);3*1H3;. The van der Waals surface area contributed by atoms with E-state index < -0.39 is 24.5 Å². The Kier molecular flexibility index (Phi) is 6.48. The summed E-state index contributed by atoms with van der Waals surface area (Å²) in [5.74, 6) is 2.95. The van der Waals surface area contributed by atoms with Crippen molar-refractivity contribution in [2.45, 2.75) is 41.6 Å². The number of anilines is 1. The first-order valence-electron chi connectivity index (χ1n) is 11.0. The molecule has 0 atom stereocenters. The fourth-order valence-electron chi connectivity index (χ4n) is 3.99. The molecule has 0 spiro atoms. The summed E-state index contributed by atoms with van der Waals surface area (Å²) in [6, 6.07) is 4.20. The third-order valence-corrected chi connectivity index (χ3v) is 11.4. The minimum atomic E-state index is -2.50. The first-order valence-corrected chi connectivity index (χ1v) is 20.9. The van der Waals surface area contributed by atoms with Crippen LogP contribution in [0.1, 0.15) is 25.2 Å². The Morgan fingerprint density at radius 1 is 1.16 bits per heavy atom. The van der Waals surface area contributed by atoms with Gasteiger partial charge >= 0.3 is 192 Å². The summed E-state index contributed by atoms with van der Waals surface area (Å²) in [5, 5.41) is 3.43. The number of nitrogen functional groups attached to an aromatic ring is 1. The zero-order chi connectivity index (χ0) is 23.0. The van der Waals surface area contributed by atoms with Gasteiger partial charge in [-0.15, -0.1) is 0 Å². The molecule has 2 aromatic heterocycles. The number of fused-ring (bicyclic) bond motifs is 2. The third kappa shape index (κ3) is 4.78. The van der Waals surface area contributed by atoms with Crippen LogP contribution in [0.2, 0.25) is 14.8 Å². The predicted octanol–water partition coefficient (Wildman–Crippen LogP) is 2.66. The Morgan fingerprint density at radius 3 is 2.56 bits per heavy atom. The molecule has 0 fully saturated rings. The monoisotopic (exact) mass is 550 g/mol. The number of nitrogens with zero attached hydrogens (tertiary/aromatic N) is 4. The molecule has 32 heavy (non-hydrogen) atoms. The van der Waals surface area contributed by atoms with E-state index in [1.165, 1.54) is 3.58 Å². The van der Waals surface area contributed by atoms with E-state index in [1.54, 1.807) is 0 Å². The molecule has 4 rings (SSSR count). The summed E-state index contributed by atoms with van der Waals surface area (Å²) in [4.78, 5) is 19.5. The quantitative estimate of drug-likeness (QED) is 0.253. The average Bonchev–Trinajstić information content (AvgIpc) is 3.28. The van der Waals surface area contributed by atoms with Crippen molar-refractivity contribution in [3.05, 3.63) is 29.6 Å². The summed E-state index contributed by atoms with van der Waals surface area (Å²) in [7, 11) is 0. The number of benzene rings is 1. The molecule has 0 radical (unpaired) electrons. The molecule has 10 heteroatoms. The van der Waals surface area contributed by atoms with E-state index in [4.69, 9.17) is 20.2 Å². The molecule has 1 aliphatic rings. The van der Waals surface area contributed by atoms with E-state index in [0.29, 0.717) is 36.6 Å². The van der Waals surface area contributed by atoms with Crippen LogP contribution in [0.4, 0.5) is 10.2 Å². The second-order valence-corrected chi connectivity index (χ2v) is 24.0. The second-order valence-electron chi connectivity index (χ2n) is 9.62. The van der Waals surface area contributed by atoms with Gasteiger partial charge < -0.3 is 0 Å². The van der Waals surface area contributed by atoms with Gasteiger partial charge in [0.2, 0.25) is 0 Å². The van der Waals surface area contributed by atoms with Crippen LogP contribution >= 0.6 is 0 Å². The Hall–Kier alpha value is -2.14. The van der Waals surface area contributed by atoms with Gasteiger partial charge in [-0.1, -0.05) is 0 Å². The normalized spacial score (nSPS) is 13.5. The fourth-order valence-corrected chi connectivity index (χ4v) is 8.81. The summed E-state index contributed by atoms with van der Waals surface area (Å²) in [6.45, 7) is 6.78. The summed E-state index contributed by atoms with van der Waals surface area (Å²) >= 11 is -2.50. The van der Waals surface area contributed by atoms with Crippen LogP contribution in [0.25, 0.3) is 11.2 Å². The summed E-state index contributed by atoms with van der Waals surface area (Å²) in [5.41, 5.74) is 8.02. The molecule has 0 bridgehead atoms. The summed E-state index contributed by atoms with van der Waals surface area (Å²) < 4.78 is 28.6. The molecule has 1 aromatic carbocycles. The van der Waals surface area contributed by atoms with Crippen molar-refractivity contribution < 1.29 is 13.9 Å². The number of halogens is 1. The Labute approximate surface area is 191 Å². The molecule has 3 N–H and O–H groups in total. The van der Waals surface area contributed by atoms with Gasteiger partial charge in [-0.25, -0.2) is 0 Å². The van der Waals surface area contributed by atoms with Crippen LogP contribution in [0.15, 0.2) is 12.1 Å². The van der Waals surface area contributed by atoms with Gasteiger partial charge in [0.15, 0.2) is 0 Å². The molecule has 0 amide bonds. The van der Waals surface area contributed by atoms with Crippen molar-refractivity contribution in [1.82, 2.24) is 24.8 Å². The summed E-state index contributed by atoms with van der Waals surface area (Å²) in [6.07, 6.45) is -0.269. The Bertz CT molecular complexity index is 1140. The minimum absolute atomic E-state index is 0.0588. The van der Waals surface area contributed by atoms with Gasteiger partial charge in [0.25, 0.3) is 0 Å². The van der Waals surface area contributed by atoms with E-state index in [9.17, 15) is 4.39 Å². The number of hydrogen-bond acceptors (Lipinski definition) is 7. The van der Waals surface area contributed by atoms with Gasteiger partial charge in [-0.05, 0) is 0 Å². The van der Waals surface area contributed by atoms with Crippen LogP contribution in [0, 0.1) is 12.0 Å². The van der Waals surface area contributed by atoms with E-state index >= 15 is 0 Å². The number of nitrogens with one attached hydrogen (secondary N) is 1. The van der Waals surface area contributed by atoms with Gasteiger partial charge in [0, 0.05) is 0 Å². The van der Waals surface area contributed by atoms with Crippen LogP contribution in [-0.4, -0.2) is 57.8 Å². The molecule has 0 unspecified atom stereocenters. The molecular weight excluding hydrogens is 518 g/mol. The average molecular weight is 549 g/mol. The SMILES string of the molecule is CC(C)CNCCn1c(Cc2cc3c(c[c]2[Sn]([CH3])([CH3])[CH3])OCO3)nc2c(N)nc(F)nc21. The number of nitrogens with two attached hydrogens (primary N) is 1. The van der Waals surface area contributed by atoms with Crippen molar-refractivity contribution in [3.63, 3.8) is 0 Å². The van der Waals surface area contributed by atoms with E-state index in [1.807, 2.05) is 4.57 Å². The maximum absolute atomic E-state index is 14.0. The number of aromatic nitrogens is 4. The number of hydrogen-bond donors (Lipinski definition) is 2. The Balaban J connectivity index is 1.76. The molecule has 3 heterocycles. The molecular formula is C22H31FN6O2Sn. The van der Waals surface area contributed by atoms with E-state index in [-0.39, 0.29) is 12.6 Å². The molecule has 0 saturated heterocycles. The second kappa shape index (κ2) is 9.01. The predicted molar refractivity (Wildman–Crippen MR) is 126 cm³/mol. The first kappa shape index (κ1) is 23.0.